The standard InChI is InChI=1S/C12H21N2O3PS.C10H8.C6H4O2.Cl2O2S/c1-6-15-18(19,16-7-2)17-11-8-10(5)13-12(14-11)9(3)4;1-2-6-10-8-4-3-7-9(10)5-1;7-5-1-2-6(8)4-3-5;1-5(2,3)4/h8-9H,6-7H2,1-5H3;1-8H;1-4H;. The van der Waals surface area contributed by atoms with Crippen LogP contribution in [0.3, 0.4) is 0 Å². The topological polar surface area (TPSA) is 122 Å². The number of benzene rings is 2. The van der Waals surface area contributed by atoms with Gasteiger partial charge in [-0.3, -0.25) is 18.6 Å². The van der Waals surface area contributed by atoms with Gasteiger partial charge >= 0.3 is 15.0 Å². The van der Waals surface area contributed by atoms with Crippen molar-refractivity contribution in [3.8, 4) is 5.88 Å². The molecule has 1 aliphatic carbocycles. The second kappa shape index (κ2) is 18.9. The van der Waals surface area contributed by atoms with Crippen molar-refractivity contribution in [1.82, 2.24) is 9.97 Å². The molecule has 0 N–H and O–H groups in total. The third-order valence-electron chi connectivity index (χ3n) is 4.63. The SMILES string of the molecule is CCOP(=S)(OCC)Oc1cc(C)nc(C(C)C)n1.O=C1C=CC(=O)C=C1.O=S(=O)(Cl)Cl.c1ccc2ccccc2c1. The van der Waals surface area contributed by atoms with Gasteiger partial charge in [0.15, 0.2) is 11.6 Å². The Bertz CT molecular complexity index is 1430. The highest BCUT2D eigenvalue weighted by Crippen LogP contribution is 2.49. The Kier molecular flexibility index (Phi) is 16.9. The van der Waals surface area contributed by atoms with E-state index in [-0.39, 0.29) is 17.5 Å². The third kappa shape index (κ3) is 16.8. The van der Waals surface area contributed by atoms with E-state index in [0.29, 0.717) is 19.1 Å². The molecule has 0 aliphatic heterocycles. The van der Waals surface area contributed by atoms with Gasteiger partial charge in [0.25, 0.3) is 0 Å². The average Bonchev–Trinajstić information content (AvgIpc) is 2.90. The molecule has 0 amide bonds. The molecule has 2 aromatic carbocycles. The predicted octanol–water partition coefficient (Wildman–Crippen LogP) is 7.38. The summed E-state index contributed by atoms with van der Waals surface area (Å²) in [4.78, 5) is 29.3. The van der Waals surface area contributed by atoms with Crippen LogP contribution >= 0.6 is 28.1 Å². The van der Waals surface area contributed by atoms with Crippen molar-refractivity contribution in [2.45, 2.75) is 40.5 Å². The molecular formula is C28H33Cl2N2O7PS2. The number of allylic oxidation sites excluding steroid dienone is 4. The van der Waals surface area contributed by atoms with Crippen LogP contribution in [0, 0.1) is 6.92 Å². The number of fused-ring (bicyclic) bond motifs is 1. The summed E-state index contributed by atoms with van der Waals surface area (Å²) < 4.78 is 34.9. The van der Waals surface area contributed by atoms with Gasteiger partial charge < -0.3 is 4.52 Å². The molecular weight excluding hydrogens is 642 g/mol. The number of hydrogen-bond acceptors (Lipinski definition) is 10. The van der Waals surface area contributed by atoms with E-state index in [9.17, 15) is 9.59 Å². The van der Waals surface area contributed by atoms with Crippen LogP contribution in [0.4, 0.5) is 0 Å². The number of rotatable bonds is 7. The number of aryl methyl sites for hydroxylation is 1. The monoisotopic (exact) mass is 674 g/mol. The predicted molar refractivity (Wildman–Crippen MR) is 172 cm³/mol. The van der Waals surface area contributed by atoms with Crippen molar-refractivity contribution in [2.24, 2.45) is 0 Å². The van der Waals surface area contributed by atoms with E-state index in [4.69, 9.17) is 33.8 Å². The van der Waals surface area contributed by atoms with Gasteiger partial charge in [0, 0.05) is 50.8 Å². The summed E-state index contributed by atoms with van der Waals surface area (Å²) in [6, 6.07) is 18.5. The fraction of sp³-hybridized carbons (Fsp3) is 0.286. The maximum absolute atomic E-state index is 10.3. The van der Waals surface area contributed by atoms with Crippen LogP contribution in [0.2, 0.25) is 0 Å². The van der Waals surface area contributed by atoms with Crippen LogP contribution in [-0.2, 0) is 38.7 Å². The van der Waals surface area contributed by atoms with Gasteiger partial charge in [0.05, 0.1) is 13.2 Å². The summed E-state index contributed by atoms with van der Waals surface area (Å²) in [6.07, 6.45) is 5.01. The van der Waals surface area contributed by atoms with Gasteiger partial charge in [0.2, 0.25) is 5.88 Å². The molecule has 4 rings (SSSR count). The Balaban J connectivity index is 0.000000318. The van der Waals surface area contributed by atoms with Crippen molar-refractivity contribution in [3.05, 3.63) is 90.4 Å². The minimum absolute atomic E-state index is 0.121. The molecule has 0 atom stereocenters. The molecule has 3 aromatic rings. The van der Waals surface area contributed by atoms with Crippen molar-refractivity contribution < 1.29 is 31.6 Å². The highest BCUT2D eigenvalue weighted by molar-refractivity contribution is 8.31. The number of aromatic nitrogens is 2. The van der Waals surface area contributed by atoms with E-state index in [0.717, 1.165) is 11.5 Å². The first-order chi connectivity index (χ1) is 19.7. The third-order valence-corrected chi connectivity index (χ3v) is 7.04. The van der Waals surface area contributed by atoms with Crippen molar-refractivity contribution in [3.63, 3.8) is 0 Å². The maximum atomic E-state index is 10.3. The second-order valence-electron chi connectivity index (χ2n) is 8.43. The van der Waals surface area contributed by atoms with E-state index in [1.165, 1.54) is 35.1 Å². The van der Waals surface area contributed by atoms with Gasteiger partial charge in [-0.1, -0.05) is 62.4 Å². The van der Waals surface area contributed by atoms with Gasteiger partial charge in [-0.2, -0.15) is 13.4 Å². The summed E-state index contributed by atoms with van der Waals surface area (Å²) in [5.74, 6) is 1.12. The Morgan fingerprint density at radius 2 is 1.21 bits per heavy atom. The molecule has 1 aromatic heterocycles. The molecule has 1 heterocycles. The van der Waals surface area contributed by atoms with E-state index < -0.39 is 15.0 Å². The van der Waals surface area contributed by atoms with Crippen LogP contribution < -0.4 is 4.52 Å². The van der Waals surface area contributed by atoms with Crippen LogP contribution in [0.5, 0.6) is 5.88 Å². The minimum atomic E-state index is -3.72. The fourth-order valence-corrected chi connectivity index (χ4v) is 4.96. The summed E-state index contributed by atoms with van der Waals surface area (Å²) >= 11 is 5.32. The molecule has 0 spiro atoms. The van der Waals surface area contributed by atoms with E-state index >= 15 is 0 Å². The lowest BCUT2D eigenvalue weighted by Gasteiger charge is -2.20. The lowest BCUT2D eigenvalue weighted by Crippen LogP contribution is -2.06. The Morgan fingerprint density at radius 1 is 0.833 bits per heavy atom. The summed E-state index contributed by atoms with van der Waals surface area (Å²) in [5, 5.41) is 2.62. The fourth-order valence-electron chi connectivity index (χ4n) is 2.96. The first-order valence-corrected chi connectivity index (χ1v) is 18.3. The first kappa shape index (κ1) is 37.5. The second-order valence-corrected chi connectivity index (χ2v) is 15.0. The van der Waals surface area contributed by atoms with E-state index in [1.807, 2.05) is 34.6 Å². The first-order valence-electron chi connectivity index (χ1n) is 12.6. The number of ketones is 2. The molecule has 0 fully saturated rings. The minimum Gasteiger partial charge on any atom is -0.406 e. The molecule has 9 nitrogen and oxygen atoms in total. The zero-order valence-corrected chi connectivity index (χ0v) is 27.8. The number of hydrogen-bond donors (Lipinski definition) is 0. The highest BCUT2D eigenvalue weighted by atomic mass is 36.0. The van der Waals surface area contributed by atoms with Gasteiger partial charge in [-0.15, -0.1) is 0 Å². The van der Waals surface area contributed by atoms with Crippen LogP contribution in [0.25, 0.3) is 10.8 Å². The van der Waals surface area contributed by atoms with Crippen molar-refractivity contribution >= 4 is 70.5 Å². The molecule has 228 valence electrons. The van der Waals surface area contributed by atoms with Crippen LogP contribution in [0.15, 0.2) is 78.9 Å². The largest absolute Gasteiger partial charge is 0.406 e. The number of carbonyl (C=O) groups excluding carboxylic acids is 2. The Labute approximate surface area is 261 Å². The zero-order valence-electron chi connectivity index (χ0n) is 23.8. The normalized spacial score (nSPS) is 12.5. The zero-order chi connectivity index (χ0) is 31.8. The van der Waals surface area contributed by atoms with E-state index in [2.05, 4.69) is 79.9 Å². The molecule has 0 unspecified atom stereocenters. The molecule has 0 bridgehead atoms. The lowest BCUT2D eigenvalue weighted by molar-refractivity contribution is -0.113. The Morgan fingerprint density at radius 3 is 1.55 bits per heavy atom. The number of halogens is 2. The van der Waals surface area contributed by atoms with Crippen LogP contribution in [0.1, 0.15) is 45.1 Å². The molecule has 1 aliphatic rings. The van der Waals surface area contributed by atoms with E-state index in [1.54, 1.807) is 6.07 Å². The molecule has 0 saturated heterocycles. The number of nitrogens with zero attached hydrogens (tertiary/aromatic N) is 2. The lowest BCUT2D eigenvalue weighted by atomic mass is 10.1. The van der Waals surface area contributed by atoms with Gasteiger partial charge in [-0.25, -0.2) is 4.98 Å². The summed E-state index contributed by atoms with van der Waals surface area (Å²) in [7, 11) is 4.81. The summed E-state index contributed by atoms with van der Waals surface area (Å²) in [6.45, 7) is 7.78. The smallest absolute Gasteiger partial charge is 0.381 e. The highest BCUT2D eigenvalue weighted by Gasteiger charge is 2.22. The van der Waals surface area contributed by atoms with Crippen molar-refractivity contribution in [1.29, 1.82) is 0 Å². The molecule has 0 radical (unpaired) electrons. The van der Waals surface area contributed by atoms with Gasteiger partial charge in [-0.05, 0) is 55.8 Å². The quantitative estimate of drug-likeness (QED) is 0.142. The summed E-state index contributed by atoms with van der Waals surface area (Å²) in [5.41, 5.74) is 0.836. The number of carbonyl (C=O) groups is 2. The van der Waals surface area contributed by atoms with Crippen LogP contribution in [-0.4, -0.2) is 43.2 Å². The van der Waals surface area contributed by atoms with Crippen molar-refractivity contribution in [2.75, 3.05) is 13.2 Å². The molecule has 14 heteroatoms. The molecule has 0 saturated carbocycles. The van der Waals surface area contributed by atoms with Gasteiger partial charge in [0.1, 0.15) is 5.82 Å². The Hall–Kier alpha value is -2.50. The molecule has 42 heavy (non-hydrogen) atoms. The average molecular weight is 676 g/mol. The maximum Gasteiger partial charge on any atom is 0.381 e.